The fraction of sp³-hybridized carbons (Fsp3) is 0.419. The second kappa shape index (κ2) is 13.5. The number of nitrogens with zero attached hydrogens (tertiary/aromatic N) is 5. The van der Waals surface area contributed by atoms with Crippen LogP contribution in [-0.4, -0.2) is 61.3 Å². The molecule has 3 atom stereocenters. The van der Waals surface area contributed by atoms with E-state index in [1.807, 2.05) is 66.9 Å². The lowest BCUT2D eigenvalue weighted by atomic mass is 10.0. The number of amides is 3. The predicted octanol–water partition coefficient (Wildman–Crippen LogP) is 3.33. The smallest absolute Gasteiger partial charge is 0.274 e. The van der Waals surface area contributed by atoms with Crippen molar-refractivity contribution < 1.29 is 18.8 Å². The average molecular weight is 619 g/mol. The van der Waals surface area contributed by atoms with E-state index in [1.165, 1.54) is 11.3 Å². The zero-order valence-electron chi connectivity index (χ0n) is 25.5. The number of thiazole rings is 1. The van der Waals surface area contributed by atoms with E-state index in [0.717, 1.165) is 11.4 Å². The number of imidazole rings is 1. The molecule has 0 fully saturated rings. The lowest BCUT2D eigenvalue weighted by molar-refractivity contribution is -0.123. The third-order valence-electron chi connectivity index (χ3n) is 7.54. The molecular formula is C31H38N8O4S. The third kappa shape index (κ3) is 7.40. The highest BCUT2D eigenvalue weighted by molar-refractivity contribution is 7.09. The van der Waals surface area contributed by atoms with Gasteiger partial charge in [0.2, 0.25) is 11.8 Å². The Kier molecular flexibility index (Phi) is 9.55. The zero-order chi connectivity index (χ0) is 31.4. The molecule has 3 N–H and O–H groups in total. The molecule has 1 aliphatic heterocycles. The van der Waals surface area contributed by atoms with Gasteiger partial charge >= 0.3 is 0 Å². The largest absolute Gasteiger partial charge is 0.443 e. The summed E-state index contributed by atoms with van der Waals surface area (Å²) in [5, 5.41) is 11.4. The number of hydrogen-bond donors (Lipinski definition) is 3. The highest BCUT2D eigenvalue weighted by atomic mass is 32.1. The number of aryl methyl sites for hydroxylation is 2. The van der Waals surface area contributed by atoms with Crippen LogP contribution in [0.4, 0.5) is 0 Å². The normalized spacial score (nSPS) is 20.5. The molecule has 4 aromatic rings. The highest BCUT2D eigenvalue weighted by Crippen LogP contribution is 2.25. The van der Waals surface area contributed by atoms with E-state index < -0.39 is 18.0 Å². The Balaban J connectivity index is 1.52. The number of hydrogen-bond acceptors (Lipinski definition) is 9. The SMILES string of the molecule is Cc1oc2nc1C(=O)N[C@H](C)c1nc(cs1)C(=O)N[C@H](Cc1ccccc1)CN(Cc1nccn1C)CC(=O)N[C@H]2C(C)C. The van der Waals surface area contributed by atoms with Crippen molar-refractivity contribution in [2.45, 2.75) is 58.8 Å². The molecule has 0 unspecified atom stereocenters. The van der Waals surface area contributed by atoms with Crippen LogP contribution in [0, 0.1) is 12.8 Å². The molecule has 3 amide bonds. The Morgan fingerprint density at radius 2 is 1.84 bits per heavy atom. The predicted molar refractivity (Wildman–Crippen MR) is 165 cm³/mol. The summed E-state index contributed by atoms with van der Waals surface area (Å²) in [6.45, 7) is 8.17. The summed E-state index contributed by atoms with van der Waals surface area (Å²) in [5.74, 6) is 0.328. The van der Waals surface area contributed by atoms with Crippen LogP contribution >= 0.6 is 11.3 Å². The molecule has 4 bridgehead atoms. The third-order valence-corrected chi connectivity index (χ3v) is 8.57. The molecule has 0 aliphatic carbocycles. The Labute approximate surface area is 260 Å². The molecule has 12 nitrogen and oxygen atoms in total. The van der Waals surface area contributed by atoms with Crippen molar-refractivity contribution in [3.63, 3.8) is 0 Å². The molecule has 5 rings (SSSR count). The van der Waals surface area contributed by atoms with Gasteiger partial charge in [0.05, 0.1) is 19.1 Å². The Morgan fingerprint density at radius 1 is 1.07 bits per heavy atom. The van der Waals surface area contributed by atoms with Crippen LogP contribution in [0.2, 0.25) is 0 Å². The van der Waals surface area contributed by atoms with Crippen LogP contribution in [0.15, 0.2) is 52.5 Å². The van der Waals surface area contributed by atoms with Gasteiger partial charge in [0.25, 0.3) is 11.8 Å². The summed E-state index contributed by atoms with van der Waals surface area (Å²) < 4.78 is 7.84. The number of carbonyl (C=O) groups is 3. The van der Waals surface area contributed by atoms with Crippen molar-refractivity contribution in [3.8, 4) is 0 Å². The fourth-order valence-electron chi connectivity index (χ4n) is 5.18. The van der Waals surface area contributed by atoms with Crippen LogP contribution in [0.1, 0.15) is 81.9 Å². The maximum Gasteiger partial charge on any atom is 0.274 e. The minimum Gasteiger partial charge on any atom is -0.443 e. The molecule has 3 aromatic heterocycles. The number of oxazole rings is 1. The van der Waals surface area contributed by atoms with Crippen LogP contribution in [0.5, 0.6) is 0 Å². The molecule has 232 valence electrons. The monoisotopic (exact) mass is 618 g/mol. The Bertz CT molecular complexity index is 1610. The molecular weight excluding hydrogens is 580 g/mol. The minimum atomic E-state index is -0.560. The van der Waals surface area contributed by atoms with E-state index in [9.17, 15) is 14.4 Å². The first-order valence-electron chi connectivity index (χ1n) is 14.6. The lowest BCUT2D eigenvalue weighted by Gasteiger charge is -2.28. The molecule has 0 spiro atoms. The standard InChI is InChI=1S/C31H38N8O4S/c1-18(2)26-30-37-27(20(4)43-30)29(42)33-19(3)31-35-23(17-44-31)28(41)34-22(13-21-9-7-6-8-10-21)14-39(16-25(40)36-26)15-24-32-11-12-38(24)5/h6-12,17-19,22,26H,13-16H2,1-5H3,(H,33,42)(H,34,41)(H,36,40)/t19-,22-,26+/m1/s1. The number of fused-ring (bicyclic) bond motifs is 4. The van der Waals surface area contributed by atoms with Crippen LogP contribution < -0.4 is 16.0 Å². The van der Waals surface area contributed by atoms with Crippen molar-refractivity contribution in [3.05, 3.63) is 87.5 Å². The summed E-state index contributed by atoms with van der Waals surface area (Å²) in [7, 11) is 1.90. The molecule has 1 aromatic carbocycles. The van der Waals surface area contributed by atoms with E-state index in [-0.39, 0.29) is 47.6 Å². The molecule has 0 saturated heterocycles. The van der Waals surface area contributed by atoms with Crippen molar-refractivity contribution in [1.29, 1.82) is 0 Å². The summed E-state index contributed by atoms with van der Waals surface area (Å²) in [6, 6.07) is 8.51. The number of benzene rings is 1. The topological polar surface area (TPSA) is 147 Å². The maximum atomic E-state index is 13.6. The van der Waals surface area contributed by atoms with Gasteiger partial charge in [-0.15, -0.1) is 11.3 Å². The minimum absolute atomic E-state index is 0.0304. The second-order valence-corrected chi connectivity index (χ2v) is 12.4. The van der Waals surface area contributed by atoms with Gasteiger partial charge in [-0.1, -0.05) is 44.2 Å². The van der Waals surface area contributed by atoms with Gasteiger partial charge in [-0.3, -0.25) is 19.3 Å². The average Bonchev–Trinajstić information content (AvgIpc) is 3.72. The number of carbonyl (C=O) groups excluding carboxylic acids is 3. The van der Waals surface area contributed by atoms with Gasteiger partial charge in [-0.2, -0.15) is 0 Å². The summed E-state index contributed by atoms with van der Waals surface area (Å²) in [6.07, 6.45) is 4.12. The van der Waals surface area contributed by atoms with Gasteiger partial charge < -0.3 is 24.9 Å². The second-order valence-electron chi connectivity index (χ2n) is 11.5. The van der Waals surface area contributed by atoms with Gasteiger partial charge in [0.1, 0.15) is 28.3 Å². The van der Waals surface area contributed by atoms with Crippen molar-refractivity contribution in [1.82, 2.24) is 40.4 Å². The van der Waals surface area contributed by atoms with Crippen molar-refractivity contribution in [2.24, 2.45) is 13.0 Å². The van der Waals surface area contributed by atoms with Gasteiger partial charge in [0.15, 0.2) is 5.69 Å². The molecule has 1 aliphatic rings. The van der Waals surface area contributed by atoms with E-state index in [2.05, 4.69) is 30.9 Å². The first-order valence-corrected chi connectivity index (χ1v) is 15.5. The highest BCUT2D eigenvalue weighted by Gasteiger charge is 2.30. The summed E-state index contributed by atoms with van der Waals surface area (Å²) >= 11 is 1.30. The van der Waals surface area contributed by atoms with Gasteiger partial charge in [-0.05, 0) is 31.7 Å². The zero-order valence-corrected chi connectivity index (χ0v) is 26.4. The lowest BCUT2D eigenvalue weighted by Crippen LogP contribution is -2.48. The Morgan fingerprint density at radius 3 is 2.55 bits per heavy atom. The van der Waals surface area contributed by atoms with E-state index in [0.29, 0.717) is 30.3 Å². The van der Waals surface area contributed by atoms with E-state index in [1.54, 1.807) is 25.4 Å². The van der Waals surface area contributed by atoms with Crippen molar-refractivity contribution in [2.75, 3.05) is 13.1 Å². The molecule has 0 radical (unpaired) electrons. The fourth-order valence-corrected chi connectivity index (χ4v) is 5.98. The quantitative estimate of drug-likeness (QED) is 0.309. The number of nitrogens with one attached hydrogen (secondary N) is 3. The molecule has 44 heavy (non-hydrogen) atoms. The number of rotatable bonds is 5. The van der Waals surface area contributed by atoms with E-state index in [4.69, 9.17) is 4.42 Å². The summed E-state index contributed by atoms with van der Waals surface area (Å²) in [5.41, 5.74) is 1.45. The van der Waals surface area contributed by atoms with Crippen LogP contribution in [0.3, 0.4) is 0 Å². The maximum absolute atomic E-state index is 13.6. The van der Waals surface area contributed by atoms with E-state index >= 15 is 0 Å². The van der Waals surface area contributed by atoms with Crippen molar-refractivity contribution >= 4 is 29.1 Å². The van der Waals surface area contributed by atoms with Crippen LogP contribution in [0.25, 0.3) is 0 Å². The first-order chi connectivity index (χ1) is 21.1. The van der Waals surface area contributed by atoms with Gasteiger partial charge in [-0.25, -0.2) is 15.0 Å². The summed E-state index contributed by atoms with van der Waals surface area (Å²) in [4.78, 5) is 55.8. The van der Waals surface area contributed by atoms with Crippen LogP contribution in [-0.2, 0) is 24.8 Å². The van der Waals surface area contributed by atoms with Gasteiger partial charge in [0, 0.05) is 37.4 Å². The molecule has 0 saturated carbocycles. The number of aromatic nitrogens is 4. The first kappa shape index (κ1) is 31.1. The molecule has 13 heteroatoms. The Hall–Kier alpha value is -4.36. The molecule has 4 heterocycles.